The first-order valence-corrected chi connectivity index (χ1v) is 11.5. The van der Waals surface area contributed by atoms with Crippen molar-refractivity contribution < 1.29 is 13.9 Å². The molecule has 4 heterocycles. The van der Waals surface area contributed by atoms with Gasteiger partial charge in [-0.2, -0.15) is 0 Å². The van der Waals surface area contributed by atoms with Gasteiger partial charge >= 0.3 is 0 Å². The smallest absolute Gasteiger partial charge is 0.227 e. The molecule has 35 heavy (non-hydrogen) atoms. The van der Waals surface area contributed by atoms with Crippen LogP contribution in [0.5, 0.6) is 0 Å². The van der Waals surface area contributed by atoms with Gasteiger partial charge in [0.05, 0.1) is 29.6 Å². The van der Waals surface area contributed by atoms with Crippen LogP contribution in [-0.2, 0) is 16.0 Å². The van der Waals surface area contributed by atoms with Gasteiger partial charge in [0.15, 0.2) is 5.65 Å². The van der Waals surface area contributed by atoms with E-state index in [0.29, 0.717) is 40.5 Å². The van der Waals surface area contributed by atoms with Crippen LogP contribution in [0.2, 0.25) is 0 Å². The minimum Gasteiger partial charge on any atom is -0.358 e. The Morgan fingerprint density at radius 1 is 1.20 bits per heavy atom. The lowest BCUT2D eigenvalue weighted by Gasteiger charge is -2.23. The first kappa shape index (κ1) is 22.8. The number of nitrogens with one attached hydrogen (secondary N) is 2. The third-order valence-electron chi connectivity index (χ3n) is 5.91. The van der Waals surface area contributed by atoms with E-state index in [2.05, 4.69) is 35.6 Å². The molecule has 2 atom stereocenters. The standard InChI is InChI=1S/C24H25FN8O2/c1-15(10-19-22-23(29-13-28-19)33(14-30-22)21-4-2-3-9-35-21)24(34)32-17-6-5-16(25)11-18(17)31-20-12-26-7-8-27-20/h5-8,11-15,21H,2-4,9-10H2,1H3,(H,27,31)(H,32,34)/t15-,21?/m1/s1. The van der Waals surface area contributed by atoms with E-state index in [4.69, 9.17) is 4.74 Å². The zero-order valence-electron chi connectivity index (χ0n) is 19.2. The molecule has 5 rings (SSSR count). The Labute approximate surface area is 201 Å². The lowest BCUT2D eigenvalue weighted by atomic mass is 10.0. The Bertz CT molecular complexity index is 1320. The number of amides is 1. The van der Waals surface area contributed by atoms with E-state index < -0.39 is 11.7 Å². The molecule has 1 aliphatic heterocycles. The lowest BCUT2D eigenvalue weighted by Crippen LogP contribution is -2.23. The highest BCUT2D eigenvalue weighted by molar-refractivity contribution is 5.96. The first-order chi connectivity index (χ1) is 17.1. The predicted molar refractivity (Wildman–Crippen MR) is 127 cm³/mol. The van der Waals surface area contributed by atoms with Crippen molar-refractivity contribution in [2.45, 2.75) is 38.8 Å². The Morgan fingerprint density at radius 3 is 2.91 bits per heavy atom. The highest BCUT2D eigenvalue weighted by atomic mass is 19.1. The van der Waals surface area contributed by atoms with Gasteiger partial charge in [-0.1, -0.05) is 6.92 Å². The van der Waals surface area contributed by atoms with Crippen LogP contribution in [0.4, 0.5) is 21.6 Å². The molecule has 0 radical (unpaired) electrons. The van der Waals surface area contributed by atoms with E-state index in [0.717, 1.165) is 25.9 Å². The van der Waals surface area contributed by atoms with Crippen LogP contribution in [0, 0.1) is 11.7 Å². The fourth-order valence-corrected chi connectivity index (χ4v) is 4.07. The van der Waals surface area contributed by atoms with Crippen LogP contribution in [0.1, 0.15) is 38.1 Å². The topological polar surface area (TPSA) is 120 Å². The van der Waals surface area contributed by atoms with E-state index in [1.165, 1.54) is 43.1 Å². The second kappa shape index (κ2) is 10.1. The van der Waals surface area contributed by atoms with E-state index in [1.807, 2.05) is 11.5 Å². The molecule has 3 aromatic heterocycles. The van der Waals surface area contributed by atoms with Gasteiger partial charge in [-0.05, 0) is 37.5 Å². The number of rotatable bonds is 7. The molecule has 11 heteroatoms. The number of hydrogen-bond donors (Lipinski definition) is 2. The summed E-state index contributed by atoms with van der Waals surface area (Å²) in [7, 11) is 0. The van der Waals surface area contributed by atoms with Crippen molar-refractivity contribution in [1.82, 2.24) is 29.5 Å². The number of benzene rings is 1. The van der Waals surface area contributed by atoms with E-state index in [9.17, 15) is 9.18 Å². The fraction of sp³-hybridized carbons (Fsp3) is 0.333. The molecular weight excluding hydrogens is 451 g/mol. The minimum atomic E-state index is -0.441. The monoisotopic (exact) mass is 476 g/mol. The summed E-state index contributed by atoms with van der Waals surface area (Å²) < 4.78 is 21.7. The average Bonchev–Trinajstić information content (AvgIpc) is 3.32. The largest absolute Gasteiger partial charge is 0.358 e. The van der Waals surface area contributed by atoms with Crippen LogP contribution < -0.4 is 10.6 Å². The molecule has 4 aromatic rings. The minimum absolute atomic E-state index is 0.0871. The molecule has 2 N–H and O–H groups in total. The van der Waals surface area contributed by atoms with Crippen molar-refractivity contribution >= 4 is 34.3 Å². The Kier molecular flexibility index (Phi) is 6.57. The fourth-order valence-electron chi connectivity index (χ4n) is 4.07. The first-order valence-electron chi connectivity index (χ1n) is 11.5. The lowest BCUT2D eigenvalue weighted by molar-refractivity contribution is -0.119. The van der Waals surface area contributed by atoms with Gasteiger partial charge < -0.3 is 15.4 Å². The van der Waals surface area contributed by atoms with E-state index >= 15 is 0 Å². The molecule has 0 spiro atoms. The molecule has 1 saturated heterocycles. The third-order valence-corrected chi connectivity index (χ3v) is 5.91. The van der Waals surface area contributed by atoms with Crippen molar-refractivity contribution in [3.05, 3.63) is 61.0 Å². The summed E-state index contributed by atoms with van der Waals surface area (Å²) in [6.07, 6.45) is 11.1. The van der Waals surface area contributed by atoms with Gasteiger partial charge in [0.2, 0.25) is 5.91 Å². The number of carbonyl (C=O) groups is 1. The van der Waals surface area contributed by atoms with E-state index in [-0.39, 0.29) is 12.1 Å². The highest BCUT2D eigenvalue weighted by Gasteiger charge is 2.22. The quantitative estimate of drug-likeness (QED) is 0.411. The van der Waals surface area contributed by atoms with Crippen LogP contribution in [0.3, 0.4) is 0 Å². The molecule has 0 saturated carbocycles. The summed E-state index contributed by atoms with van der Waals surface area (Å²) in [6, 6.07) is 4.09. The summed E-state index contributed by atoms with van der Waals surface area (Å²) in [5, 5.41) is 5.87. The number of aromatic nitrogens is 6. The Hall–Kier alpha value is -3.99. The maximum atomic E-state index is 13.9. The molecule has 1 unspecified atom stereocenters. The summed E-state index contributed by atoms with van der Waals surface area (Å²) in [4.78, 5) is 34.5. The van der Waals surface area contributed by atoms with Crippen LogP contribution in [0.15, 0.2) is 49.4 Å². The van der Waals surface area contributed by atoms with Crippen molar-refractivity contribution in [3.63, 3.8) is 0 Å². The molecule has 0 aliphatic carbocycles. The molecule has 0 bridgehead atoms. The zero-order chi connectivity index (χ0) is 24.2. The molecule has 1 aliphatic rings. The molecule has 10 nitrogen and oxygen atoms in total. The number of anilines is 3. The van der Waals surface area contributed by atoms with Crippen LogP contribution in [-0.4, -0.2) is 42.0 Å². The van der Waals surface area contributed by atoms with Gasteiger partial charge in [-0.3, -0.25) is 14.3 Å². The number of ether oxygens (including phenoxy) is 1. The molecular formula is C24H25FN8O2. The Balaban J connectivity index is 1.32. The molecule has 1 aromatic carbocycles. The van der Waals surface area contributed by atoms with E-state index in [1.54, 1.807) is 6.33 Å². The number of imidazole rings is 1. The summed E-state index contributed by atoms with van der Waals surface area (Å²) in [6.45, 7) is 2.53. The van der Waals surface area contributed by atoms with Gasteiger partial charge in [-0.15, -0.1) is 0 Å². The Morgan fingerprint density at radius 2 is 2.11 bits per heavy atom. The van der Waals surface area contributed by atoms with Crippen molar-refractivity contribution in [1.29, 1.82) is 0 Å². The van der Waals surface area contributed by atoms with Crippen LogP contribution in [0.25, 0.3) is 11.2 Å². The van der Waals surface area contributed by atoms with Gasteiger partial charge in [-0.25, -0.2) is 24.3 Å². The van der Waals surface area contributed by atoms with Gasteiger partial charge in [0.1, 0.15) is 29.7 Å². The number of carbonyl (C=O) groups excluding carboxylic acids is 1. The molecule has 180 valence electrons. The summed E-state index contributed by atoms with van der Waals surface area (Å²) in [5.74, 6) is -0.676. The maximum absolute atomic E-state index is 13.9. The van der Waals surface area contributed by atoms with Crippen molar-refractivity contribution in [2.24, 2.45) is 5.92 Å². The van der Waals surface area contributed by atoms with Crippen molar-refractivity contribution in [3.8, 4) is 0 Å². The number of hydrogen-bond acceptors (Lipinski definition) is 8. The van der Waals surface area contributed by atoms with Crippen molar-refractivity contribution in [2.75, 3.05) is 17.2 Å². The molecule has 1 fully saturated rings. The summed E-state index contributed by atoms with van der Waals surface area (Å²) in [5.41, 5.74) is 2.85. The average molecular weight is 477 g/mol. The second-order valence-electron chi connectivity index (χ2n) is 8.47. The SMILES string of the molecule is C[C@H](Cc1ncnc2c1ncn2C1CCCCO1)C(=O)Nc1ccc(F)cc1Nc1cnccn1. The molecule has 1 amide bonds. The maximum Gasteiger partial charge on any atom is 0.227 e. The summed E-state index contributed by atoms with van der Waals surface area (Å²) >= 11 is 0. The van der Waals surface area contributed by atoms with Gasteiger partial charge in [0, 0.05) is 31.3 Å². The third kappa shape index (κ3) is 5.09. The second-order valence-corrected chi connectivity index (χ2v) is 8.47. The highest BCUT2D eigenvalue weighted by Crippen LogP contribution is 2.28. The predicted octanol–water partition coefficient (Wildman–Crippen LogP) is 4.02. The number of halogens is 1. The number of nitrogens with zero attached hydrogens (tertiary/aromatic N) is 6. The zero-order valence-corrected chi connectivity index (χ0v) is 19.2. The number of fused-ring (bicyclic) bond motifs is 1. The normalized spacial score (nSPS) is 16.7. The van der Waals surface area contributed by atoms with Gasteiger partial charge in [0.25, 0.3) is 0 Å². The van der Waals surface area contributed by atoms with Crippen LogP contribution >= 0.6 is 0 Å².